The SMILES string of the molecule is Cc1ccnc(NC(=O)NCCN=S(=O)(c2ccccc2)C(F)(F)F)c1. The van der Waals surface area contributed by atoms with Crippen molar-refractivity contribution >= 4 is 21.6 Å². The Bertz CT molecular complexity index is 879. The van der Waals surface area contributed by atoms with Gasteiger partial charge in [0.25, 0.3) is 0 Å². The summed E-state index contributed by atoms with van der Waals surface area (Å²) < 4.78 is 55.4. The number of nitrogens with zero attached hydrogens (tertiary/aromatic N) is 2. The van der Waals surface area contributed by atoms with Crippen molar-refractivity contribution in [2.45, 2.75) is 17.3 Å². The maximum absolute atomic E-state index is 13.2. The number of benzene rings is 1. The van der Waals surface area contributed by atoms with Crippen LogP contribution < -0.4 is 10.6 Å². The Balaban J connectivity index is 2.01. The third kappa shape index (κ3) is 4.94. The molecule has 0 aliphatic carbocycles. The number of urea groups is 1. The van der Waals surface area contributed by atoms with Gasteiger partial charge in [0.05, 0.1) is 11.4 Å². The number of rotatable bonds is 5. The van der Waals surface area contributed by atoms with Crippen molar-refractivity contribution in [3.8, 4) is 0 Å². The second-order valence-electron chi connectivity index (χ2n) is 5.24. The quantitative estimate of drug-likeness (QED) is 0.771. The molecule has 0 aliphatic rings. The average Bonchev–Trinajstić information content (AvgIpc) is 2.58. The number of carbonyl (C=O) groups excluding carboxylic acids is 1. The van der Waals surface area contributed by atoms with Crippen LogP contribution in [0.2, 0.25) is 0 Å². The molecule has 1 aromatic carbocycles. The Morgan fingerprint density at radius 2 is 1.92 bits per heavy atom. The number of aryl methyl sites for hydroxylation is 1. The highest BCUT2D eigenvalue weighted by atomic mass is 32.2. The number of hydrogen-bond donors (Lipinski definition) is 2. The smallest absolute Gasteiger partial charge is 0.336 e. The number of aromatic nitrogens is 1. The van der Waals surface area contributed by atoms with E-state index < -0.39 is 32.7 Å². The number of alkyl halides is 3. The molecule has 0 aliphatic heterocycles. The van der Waals surface area contributed by atoms with Gasteiger partial charge in [0.15, 0.2) is 9.73 Å². The molecule has 0 spiro atoms. The van der Waals surface area contributed by atoms with Crippen LogP contribution in [0.3, 0.4) is 0 Å². The second-order valence-corrected chi connectivity index (χ2v) is 7.48. The highest BCUT2D eigenvalue weighted by Crippen LogP contribution is 2.32. The predicted molar refractivity (Wildman–Crippen MR) is 92.2 cm³/mol. The van der Waals surface area contributed by atoms with Crippen molar-refractivity contribution in [3.63, 3.8) is 0 Å². The Kier molecular flexibility index (Phi) is 6.19. The van der Waals surface area contributed by atoms with E-state index in [1.54, 1.807) is 12.1 Å². The zero-order chi connectivity index (χ0) is 19.2. The lowest BCUT2D eigenvalue weighted by Gasteiger charge is -2.14. The van der Waals surface area contributed by atoms with Gasteiger partial charge in [0, 0.05) is 12.7 Å². The molecule has 26 heavy (non-hydrogen) atoms. The summed E-state index contributed by atoms with van der Waals surface area (Å²) in [6.45, 7) is 1.15. The summed E-state index contributed by atoms with van der Waals surface area (Å²) >= 11 is 0. The van der Waals surface area contributed by atoms with Crippen LogP contribution in [0.4, 0.5) is 23.8 Å². The van der Waals surface area contributed by atoms with Gasteiger partial charge in [-0.2, -0.15) is 13.2 Å². The van der Waals surface area contributed by atoms with Gasteiger partial charge in [0.1, 0.15) is 5.82 Å². The number of halogens is 3. The normalized spacial score (nSPS) is 13.5. The van der Waals surface area contributed by atoms with Crippen molar-refractivity contribution in [1.29, 1.82) is 0 Å². The van der Waals surface area contributed by atoms with Gasteiger partial charge in [-0.1, -0.05) is 18.2 Å². The van der Waals surface area contributed by atoms with E-state index in [4.69, 9.17) is 0 Å². The molecular formula is C16H17F3N4O2S. The summed E-state index contributed by atoms with van der Waals surface area (Å²) in [6.07, 6.45) is 1.51. The first-order chi connectivity index (χ1) is 12.2. The lowest BCUT2D eigenvalue weighted by atomic mass is 10.3. The van der Waals surface area contributed by atoms with Gasteiger partial charge >= 0.3 is 11.5 Å². The highest BCUT2D eigenvalue weighted by molar-refractivity contribution is 7.94. The molecule has 6 nitrogen and oxygen atoms in total. The first-order valence-electron chi connectivity index (χ1n) is 7.54. The number of nitrogens with one attached hydrogen (secondary N) is 2. The standard InChI is InChI=1S/C16H17F3N4O2S/c1-12-7-8-20-14(11-12)23-15(24)21-9-10-22-26(25,16(17,18)19)13-5-3-2-4-6-13/h2-8,11H,9-10H2,1H3,(H2,20,21,23,24). The molecule has 2 rings (SSSR count). The largest absolute Gasteiger partial charge is 0.483 e. The Hall–Kier alpha value is -2.62. The summed E-state index contributed by atoms with van der Waals surface area (Å²) in [4.78, 5) is 15.2. The van der Waals surface area contributed by atoms with E-state index in [-0.39, 0.29) is 6.54 Å². The van der Waals surface area contributed by atoms with Crippen LogP contribution in [0.5, 0.6) is 0 Å². The van der Waals surface area contributed by atoms with Gasteiger partial charge in [-0.25, -0.2) is 18.4 Å². The van der Waals surface area contributed by atoms with Gasteiger partial charge in [-0.05, 0) is 36.8 Å². The van der Waals surface area contributed by atoms with Crippen LogP contribution in [0.1, 0.15) is 5.56 Å². The molecule has 0 fully saturated rings. The summed E-state index contributed by atoms with van der Waals surface area (Å²) in [5, 5.41) is 4.80. The lowest BCUT2D eigenvalue weighted by Crippen LogP contribution is -2.32. The van der Waals surface area contributed by atoms with E-state index in [1.165, 1.54) is 24.4 Å². The van der Waals surface area contributed by atoms with Gasteiger partial charge in [-0.15, -0.1) is 0 Å². The number of amides is 2. The van der Waals surface area contributed by atoms with Crippen molar-refractivity contribution in [2.24, 2.45) is 4.36 Å². The van der Waals surface area contributed by atoms with E-state index >= 15 is 0 Å². The molecule has 0 bridgehead atoms. The molecular weight excluding hydrogens is 369 g/mol. The molecule has 1 aromatic heterocycles. The van der Waals surface area contributed by atoms with Gasteiger partial charge in [-0.3, -0.25) is 5.32 Å². The number of carbonyl (C=O) groups is 1. The average molecular weight is 386 g/mol. The fourth-order valence-electron chi connectivity index (χ4n) is 1.99. The minimum atomic E-state index is -5.01. The Morgan fingerprint density at radius 1 is 1.23 bits per heavy atom. The third-order valence-corrected chi connectivity index (χ3v) is 5.29. The van der Waals surface area contributed by atoms with Crippen LogP contribution in [-0.2, 0) is 9.73 Å². The van der Waals surface area contributed by atoms with Crippen molar-refractivity contribution < 1.29 is 22.2 Å². The summed E-state index contributed by atoms with van der Waals surface area (Å²) in [5.41, 5.74) is -4.12. The third-order valence-electron chi connectivity index (χ3n) is 3.20. The van der Waals surface area contributed by atoms with Gasteiger partial charge in [0.2, 0.25) is 0 Å². The Labute approximate surface area is 149 Å². The van der Waals surface area contributed by atoms with Crippen molar-refractivity contribution in [2.75, 3.05) is 18.4 Å². The highest BCUT2D eigenvalue weighted by Gasteiger charge is 2.44. The van der Waals surface area contributed by atoms with Crippen LogP contribution in [0, 0.1) is 6.92 Å². The summed E-state index contributed by atoms with van der Waals surface area (Å²) in [6, 6.07) is 9.20. The second kappa shape index (κ2) is 8.17. The number of hydrogen-bond acceptors (Lipinski definition) is 4. The topological polar surface area (TPSA) is 83.4 Å². The van der Waals surface area contributed by atoms with E-state index in [1.807, 2.05) is 6.92 Å². The molecule has 0 radical (unpaired) electrons. The molecule has 10 heteroatoms. The predicted octanol–water partition coefficient (Wildman–Crippen LogP) is 3.56. The Morgan fingerprint density at radius 3 is 2.54 bits per heavy atom. The molecule has 1 unspecified atom stereocenters. The molecule has 2 amide bonds. The minimum Gasteiger partial charge on any atom is -0.336 e. The van der Waals surface area contributed by atoms with E-state index in [0.29, 0.717) is 5.82 Å². The van der Waals surface area contributed by atoms with Crippen LogP contribution in [0.25, 0.3) is 0 Å². The van der Waals surface area contributed by atoms with E-state index in [0.717, 1.165) is 17.7 Å². The molecule has 1 atom stereocenters. The zero-order valence-electron chi connectivity index (χ0n) is 13.8. The van der Waals surface area contributed by atoms with Crippen molar-refractivity contribution in [3.05, 3.63) is 54.2 Å². The number of pyridine rings is 1. The molecule has 2 aromatic rings. The molecule has 140 valence electrons. The van der Waals surface area contributed by atoms with Crippen LogP contribution in [0.15, 0.2) is 57.9 Å². The summed E-state index contributed by atoms with van der Waals surface area (Å²) in [7, 11) is -4.61. The van der Waals surface area contributed by atoms with Crippen molar-refractivity contribution in [1.82, 2.24) is 10.3 Å². The summed E-state index contributed by atoms with van der Waals surface area (Å²) in [5.74, 6) is 0.308. The van der Waals surface area contributed by atoms with Crippen LogP contribution >= 0.6 is 0 Å². The fourth-order valence-corrected chi connectivity index (χ4v) is 3.43. The molecule has 1 heterocycles. The number of anilines is 1. The molecule has 0 saturated heterocycles. The minimum absolute atomic E-state index is 0.211. The fraction of sp³-hybridized carbons (Fsp3) is 0.250. The maximum atomic E-state index is 13.2. The maximum Gasteiger partial charge on any atom is 0.483 e. The monoisotopic (exact) mass is 386 g/mol. The lowest BCUT2D eigenvalue weighted by molar-refractivity contribution is -0.0403. The first kappa shape index (κ1) is 19.7. The van der Waals surface area contributed by atoms with Gasteiger partial charge < -0.3 is 5.32 Å². The van der Waals surface area contributed by atoms with E-state index in [9.17, 15) is 22.2 Å². The van der Waals surface area contributed by atoms with Crippen LogP contribution in [-0.4, -0.2) is 33.8 Å². The first-order valence-corrected chi connectivity index (χ1v) is 9.06. The van der Waals surface area contributed by atoms with E-state index in [2.05, 4.69) is 20.0 Å². The molecule has 2 N–H and O–H groups in total. The zero-order valence-corrected chi connectivity index (χ0v) is 14.6. The molecule has 0 saturated carbocycles.